The molecule has 33 heavy (non-hydrogen) atoms. The average Bonchev–Trinajstić information content (AvgIpc) is 3.07. The van der Waals surface area contributed by atoms with E-state index in [1.165, 1.54) is 27.7 Å². The van der Waals surface area contributed by atoms with Crippen molar-refractivity contribution >= 4 is 62.1 Å². The molecule has 0 aliphatic carbocycles. The number of carbonyl (C=O) groups excluding carboxylic acids is 1. The van der Waals surface area contributed by atoms with Gasteiger partial charge >= 0.3 is 5.97 Å². The molecule has 0 fully saturated rings. The highest BCUT2D eigenvalue weighted by molar-refractivity contribution is 9.10. The van der Waals surface area contributed by atoms with Crippen molar-refractivity contribution in [3.8, 4) is 0 Å². The lowest BCUT2D eigenvalue weighted by molar-refractivity contribution is -0.144. The third-order valence-corrected chi connectivity index (χ3v) is 8.43. The van der Waals surface area contributed by atoms with Crippen LogP contribution < -0.4 is 5.56 Å². The maximum atomic E-state index is 13.0. The molecular weight excluding hydrogens is 548 g/mol. The van der Waals surface area contributed by atoms with Crippen LogP contribution in [-0.2, 0) is 33.9 Å². The van der Waals surface area contributed by atoms with Crippen LogP contribution in [0.15, 0.2) is 18.8 Å². The van der Waals surface area contributed by atoms with Gasteiger partial charge in [0.25, 0.3) is 5.56 Å². The summed E-state index contributed by atoms with van der Waals surface area (Å²) in [5, 5.41) is 1.33. The number of rotatable bonds is 9. The van der Waals surface area contributed by atoms with Crippen LogP contribution in [0.3, 0.4) is 0 Å². The number of thioether (sulfide) groups is 1. The maximum Gasteiger partial charge on any atom is 0.326 e. The number of hydrogen-bond acceptors (Lipinski definition) is 9. The number of esters is 1. The molecule has 0 aliphatic heterocycles. The number of ether oxygens (including phenoxy) is 1. The zero-order chi connectivity index (χ0) is 24.9. The number of aromatic nitrogens is 3. The lowest BCUT2D eigenvalue weighted by Gasteiger charge is -2.19. The average molecular weight is 578 g/mol. The van der Waals surface area contributed by atoms with Gasteiger partial charge in [-0.15, -0.1) is 11.3 Å². The van der Waals surface area contributed by atoms with Gasteiger partial charge in [0.1, 0.15) is 32.8 Å². The first-order chi connectivity index (χ1) is 15.4. The number of nitrogens with zero attached hydrogens (tertiary/aromatic N) is 4. The van der Waals surface area contributed by atoms with Crippen LogP contribution in [0, 0.1) is 13.8 Å². The van der Waals surface area contributed by atoms with E-state index >= 15 is 0 Å². The van der Waals surface area contributed by atoms with Crippen LogP contribution in [0.4, 0.5) is 0 Å². The van der Waals surface area contributed by atoms with Crippen molar-refractivity contribution in [2.75, 3.05) is 12.9 Å². The van der Waals surface area contributed by atoms with Crippen LogP contribution in [0.25, 0.3) is 0 Å². The molecule has 0 aliphatic rings. The van der Waals surface area contributed by atoms with Crippen LogP contribution in [0.1, 0.15) is 55.4 Å². The van der Waals surface area contributed by atoms with Gasteiger partial charge in [0.15, 0.2) is 5.16 Å². The highest BCUT2D eigenvalue weighted by Crippen LogP contribution is 2.26. The highest BCUT2D eigenvalue weighted by Gasteiger charge is 2.28. The Labute approximate surface area is 214 Å². The topological polar surface area (TPSA) is 110 Å². The van der Waals surface area contributed by atoms with E-state index in [0.29, 0.717) is 29.4 Å². The normalized spacial score (nSPS) is 13.3. The highest BCUT2D eigenvalue weighted by atomic mass is 79.9. The quantitative estimate of drug-likeness (QED) is 0.144. The summed E-state index contributed by atoms with van der Waals surface area (Å²) in [5.41, 5.74) is 1.72. The van der Waals surface area contributed by atoms with Gasteiger partial charge < -0.3 is 9.29 Å². The molecule has 0 aromatic carbocycles. The zero-order valence-corrected chi connectivity index (χ0v) is 23.9. The van der Waals surface area contributed by atoms with Crippen molar-refractivity contribution in [3.63, 3.8) is 0 Å². The lowest BCUT2D eigenvalue weighted by atomic mass is 10.1. The fraction of sp³-hybridized carbons (Fsp3) is 0.571. The fourth-order valence-corrected chi connectivity index (χ4v) is 5.55. The molecule has 0 saturated carbocycles. The van der Waals surface area contributed by atoms with Gasteiger partial charge in [-0.25, -0.2) is 9.97 Å². The number of halogens is 1. The van der Waals surface area contributed by atoms with Crippen LogP contribution in [0.5, 0.6) is 0 Å². The van der Waals surface area contributed by atoms with E-state index in [1.54, 1.807) is 13.2 Å². The molecule has 0 amide bonds. The molecule has 182 valence electrons. The van der Waals surface area contributed by atoms with Crippen LogP contribution >= 0.6 is 39.0 Å². The van der Waals surface area contributed by atoms with E-state index in [4.69, 9.17) is 4.74 Å². The second-order valence-electron chi connectivity index (χ2n) is 8.10. The van der Waals surface area contributed by atoms with E-state index in [2.05, 4.69) is 30.3 Å². The van der Waals surface area contributed by atoms with Gasteiger partial charge in [-0.2, -0.15) is 0 Å². The first-order valence-corrected chi connectivity index (χ1v) is 14.3. The molecule has 0 bridgehead atoms. The van der Waals surface area contributed by atoms with Gasteiger partial charge in [-0.3, -0.25) is 14.2 Å². The monoisotopic (exact) mass is 576 g/mol. The Balaban J connectivity index is 2.42. The minimum Gasteiger partial charge on any atom is -0.591 e. The molecule has 2 aromatic heterocycles. The summed E-state index contributed by atoms with van der Waals surface area (Å²) in [4.78, 5) is 34.9. The SMILES string of the molecule is CCOC(=O)Cn1c(SC)nc(CCC(=N[S+]([O-])C(C)(C)C)c2sc(C)nc2C)c(Br)c1=O. The molecule has 8 nitrogen and oxygen atoms in total. The van der Waals surface area contributed by atoms with E-state index in [-0.39, 0.29) is 23.2 Å². The molecule has 0 saturated heterocycles. The summed E-state index contributed by atoms with van der Waals surface area (Å²) in [6.07, 6.45) is 2.63. The Morgan fingerprint density at radius 1 is 1.33 bits per heavy atom. The van der Waals surface area contributed by atoms with Gasteiger partial charge in [0.2, 0.25) is 0 Å². The van der Waals surface area contributed by atoms with E-state index in [0.717, 1.165) is 15.6 Å². The number of hydrogen-bond donors (Lipinski definition) is 0. The molecule has 1 atom stereocenters. The molecule has 1 unspecified atom stereocenters. The van der Waals surface area contributed by atoms with Crippen LogP contribution in [0.2, 0.25) is 0 Å². The minimum absolute atomic E-state index is 0.203. The lowest BCUT2D eigenvalue weighted by Crippen LogP contribution is -2.29. The Bertz CT molecular complexity index is 1090. The summed E-state index contributed by atoms with van der Waals surface area (Å²) in [6, 6.07) is 0. The van der Waals surface area contributed by atoms with Gasteiger partial charge in [0.05, 0.1) is 27.9 Å². The largest absolute Gasteiger partial charge is 0.591 e. The maximum absolute atomic E-state index is 13.0. The Morgan fingerprint density at radius 2 is 2.00 bits per heavy atom. The van der Waals surface area contributed by atoms with Crippen molar-refractivity contribution in [1.29, 1.82) is 0 Å². The summed E-state index contributed by atoms with van der Waals surface area (Å²) in [6.45, 7) is 11.2. The van der Waals surface area contributed by atoms with Gasteiger partial charge in [-0.1, -0.05) is 16.2 Å². The third kappa shape index (κ3) is 7.38. The van der Waals surface area contributed by atoms with E-state index in [9.17, 15) is 14.1 Å². The van der Waals surface area contributed by atoms with Crippen LogP contribution in [-0.4, -0.2) is 48.4 Å². The van der Waals surface area contributed by atoms with Crippen molar-refractivity contribution < 1.29 is 14.1 Å². The molecule has 12 heteroatoms. The van der Waals surface area contributed by atoms with Crippen molar-refractivity contribution in [3.05, 3.63) is 36.1 Å². The first kappa shape index (κ1) is 28.0. The fourth-order valence-electron chi connectivity index (χ4n) is 2.82. The number of carbonyl (C=O) groups is 1. The first-order valence-electron chi connectivity index (χ1n) is 10.3. The van der Waals surface area contributed by atoms with Crippen molar-refractivity contribution in [2.24, 2.45) is 4.40 Å². The molecule has 0 N–H and O–H groups in total. The molecule has 2 aromatic rings. The second-order valence-corrected chi connectivity index (χ2v) is 12.8. The van der Waals surface area contributed by atoms with Gasteiger partial charge in [-0.05, 0) is 70.1 Å². The smallest absolute Gasteiger partial charge is 0.326 e. The molecule has 2 heterocycles. The van der Waals surface area contributed by atoms with E-state index < -0.39 is 22.1 Å². The van der Waals surface area contributed by atoms with Crippen molar-refractivity contribution in [1.82, 2.24) is 14.5 Å². The van der Waals surface area contributed by atoms with E-state index in [1.807, 2.05) is 34.6 Å². The molecule has 2 rings (SSSR count). The predicted molar refractivity (Wildman–Crippen MR) is 139 cm³/mol. The standard InChI is InChI=1S/C21H29BrN4O4S3/c1-8-30-16(27)11-26-19(28)17(22)14(24-20(26)31-7)9-10-15(25-33(29)21(4,5)6)18-12(2)23-13(3)32-18/h8-11H2,1-7H3. The summed E-state index contributed by atoms with van der Waals surface area (Å²) in [7, 11) is 0. The Hall–Kier alpha value is -1.21. The van der Waals surface area contributed by atoms with Gasteiger partial charge in [0, 0.05) is 6.42 Å². The number of thiazole rings is 1. The molecule has 0 spiro atoms. The Morgan fingerprint density at radius 3 is 2.52 bits per heavy atom. The zero-order valence-electron chi connectivity index (χ0n) is 19.9. The number of aryl methyl sites for hydroxylation is 3. The predicted octanol–water partition coefficient (Wildman–Crippen LogP) is 4.25. The summed E-state index contributed by atoms with van der Waals surface area (Å²) < 4.78 is 23.4. The summed E-state index contributed by atoms with van der Waals surface area (Å²) in [5.74, 6) is -0.494. The molecular formula is C21H29BrN4O4S3. The van der Waals surface area contributed by atoms with Crippen molar-refractivity contribution in [2.45, 2.75) is 70.8 Å². The third-order valence-electron chi connectivity index (χ3n) is 4.40. The molecule has 0 radical (unpaired) electrons. The summed E-state index contributed by atoms with van der Waals surface area (Å²) >= 11 is 4.71. The minimum atomic E-state index is -1.44. The Kier molecular flexibility index (Phi) is 10.2. The second kappa shape index (κ2) is 12.0.